The molecule has 1 heterocycles. The predicted molar refractivity (Wildman–Crippen MR) is 133 cm³/mol. The highest BCUT2D eigenvalue weighted by Crippen LogP contribution is 2.50. The Kier molecular flexibility index (Phi) is 6.19. The quantitative estimate of drug-likeness (QED) is 0.507. The van der Waals surface area contributed by atoms with Crippen molar-refractivity contribution in [3.8, 4) is 11.5 Å². The number of carbonyl (C=O) groups is 1. The smallest absolute Gasteiger partial charge is 0.238 e. The number of nitrogens with one attached hydrogen (secondary N) is 1. The maximum atomic E-state index is 13.2. The molecule has 3 atom stereocenters. The van der Waals surface area contributed by atoms with E-state index in [9.17, 15) is 15.0 Å². The molecule has 6 heteroatoms. The minimum atomic E-state index is -0.726. The second-order valence-electron chi connectivity index (χ2n) is 9.63. The van der Waals surface area contributed by atoms with Crippen LogP contribution in [0.5, 0.6) is 11.5 Å². The molecule has 1 saturated carbocycles. The third-order valence-corrected chi connectivity index (χ3v) is 7.63. The van der Waals surface area contributed by atoms with Crippen LogP contribution in [0.15, 0.2) is 60.7 Å². The number of nitrogens with zero attached hydrogens (tertiary/aromatic N) is 1. The number of ether oxygens (including phenoxy) is 1. The molecule has 0 bridgehead atoms. The Morgan fingerprint density at radius 2 is 1.94 bits per heavy atom. The van der Waals surface area contributed by atoms with Crippen LogP contribution in [0.25, 0.3) is 10.8 Å². The molecular formula is C28H32N2O4. The van der Waals surface area contributed by atoms with Crippen molar-refractivity contribution in [1.82, 2.24) is 4.90 Å². The summed E-state index contributed by atoms with van der Waals surface area (Å²) in [5, 5.41) is 26.8. The molecule has 5 rings (SSSR count). The van der Waals surface area contributed by atoms with E-state index in [4.69, 9.17) is 4.74 Å². The fraction of sp³-hybridized carbons (Fsp3) is 0.393. The maximum absolute atomic E-state index is 13.2. The van der Waals surface area contributed by atoms with Crippen LogP contribution in [0.3, 0.4) is 0 Å². The highest BCUT2D eigenvalue weighted by Gasteiger charge is 2.49. The van der Waals surface area contributed by atoms with Gasteiger partial charge in [-0.3, -0.25) is 9.69 Å². The van der Waals surface area contributed by atoms with E-state index in [0.29, 0.717) is 18.7 Å². The van der Waals surface area contributed by atoms with Crippen molar-refractivity contribution in [2.24, 2.45) is 5.92 Å². The molecule has 2 aliphatic rings. The number of carbonyl (C=O) groups excluding carboxylic acids is 1. The topological polar surface area (TPSA) is 82.0 Å². The molecule has 1 aliphatic heterocycles. The molecule has 0 radical (unpaired) electrons. The molecular weight excluding hydrogens is 428 g/mol. The lowest BCUT2D eigenvalue weighted by molar-refractivity contribution is -0.135. The van der Waals surface area contributed by atoms with E-state index >= 15 is 0 Å². The molecule has 3 aromatic carbocycles. The van der Waals surface area contributed by atoms with Gasteiger partial charge in [-0.1, -0.05) is 55.3 Å². The number of piperidine rings is 1. The number of aromatic hydroxyl groups is 1. The number of anilines is 1. The van der Waals surface area contributed by atoms with E-state index in [2.05, 4.69) is 10.2 Å². The Bertz CT molecular complexity index is 1190. The van der Waals surface area contributed by atoms with Crippen molar-refractivity contribution in [3.63, 3.8) is 0 Å². The van der Waals surface area contributed by atoms with Crippen LogP contribution in [0.1, 0.15) is 43.7 Å². The second-order valence-corrected chi connectivity index (χ2v) is 9.63. The Labute approximate surface area is 200 Å². The number of amides is 1. The van der Waals surface area contributed by atoms with Gasteiger partial charge in [-0.2, -0.15) is 0 Å². The number of hydrogen-bond donors (Lipinski definition) is 3. The fourth-order valence-electron chi connectivity index (χ4n) is 5.95. The number of fused-ring (bicyclic) bond motifs is 2. The number of hydrogen-bond acceptors (Lipinski definition) is 5. The molecule has 1 saturated heterocycles. The standard InChI is InChI=1S/C28H32N2O4/c1-34-25-17-20(12-13-24(25)31)27-22-10-4-5-14-28(22,33)15-16-30(27)18-26(32)29-23-11-6-8-19-7-2-3-9-21(19)23/h2-3,6-9,11-13,17,22,27,31,33H,4-5,10,14-16,18H2,1H3,(H,29,32)/t22-,27+,28+/m0/s1. The van der Waals surface area contributed by atoms with Gasteiger partial charge in [0.2, 0.25) is 5.91 Å². The largest absolute Gasteiger partial charge is 0.504 e. The Hall–Kier alpha value is -3.09. The number of benzene rings is 3. The molecule has 1 amide bonds. The van der Waals surface area contributed by atoms with Crippen LogP contribution >= 0.6 is 0 Å². The van der Waals surface area contributed by atoms with Crippen molar-refractivity contribution >= 4 is 22.4 Å². The van der Waals surface area contributed by atoms with Crippen molar-refractivity contribution < 1.29 is 19.7 Å². The highest BCUT2D eigenvalue weighted by molar-refractivity contribution is 6.02. The molecule has 6 nitrogen and oxygen atoms in total. The molecule has 3 aromatic rings. The summed E-state index contributed by atoms with van der Waals surface area (Å²) in [6.07, 6.45) is 4.45. The number of phenolic OH excluding ortho intramolecular Hbond substituents is 1. The summed E-state index contributed by atoms with van der Waals surface area (Å²) >= 11 is 0. The van der Waals surface area contributed by atoms with E-state index in [-0.39, 0.29) is 30.2 Å². The third-order valence-electron chi connectivity index (χ3n) is 7.63. The first-order valence-electron chi connectivity index (χ1n) is 12.1. The zero-order valence-electron chi connectivity index (χ0n) is 19.5. The second kappa shape index (κ2) is 9.28. The Balaban J connectivity index is 1.43. The Morgan fingerprint density at radius 1 is 1.12 bits per heavy atom. The average molecular weight is 461 g/mol. The van der Waals surface area contributed by atoms with Gasteiger partial charge in [0.15, 0.2) is 11.5 Å². The first-order chi connectivity index (χ1) is 16.5. The summed E-state index contributed by atoms with van der Waals surface area (Å²) in [4.78, 5) is 15.4. The van der Waals surface area contributed by atoms with Crippen LogP contribution in [0.2, 0.25) is 0 Å². The molecule has 178 valence electrons. The van der Waals surface area contributed by atoms with Crippen molar-refractivity contribution in [3.05, 3.63) is 66.2 Å². The first kappa shape index (κ1) is 22.7. The summed E-state index contributed by atoms with van der Waals surface area (Å²) in [6.45, 7) is 0.855. The fourth-order valence-corrected chi connectivity index (χ4v) is 5.95. The summed E-state index contributed by atoms with van der Waals surface area (Å²) in [5.41, 5.74) is 1.03. The van der Waals surface area contributed by atoms with Gasteiger partial charge in [-0.25, -0.2) is 0 Å². The van der Waals surface area contributed by atoms with Crippen molar-refractivity contribution in [2.75, 3.05) is 25.5 Å². The van der Waals surface area contributed by atoms with Crippen LogP contribution in [-0.2, 0) is 4.79 Å². The van der Waals surface area contributed by atoms with Gasteiger partial charge < -0.3 is 20.3 Å². The lowest BCUT2D eigenvalue weighted by Crippen LogP contribution is -2.56. The molecule has 0 unspecified atom stereocenters. The first-order valence-corrected chi connectivity index (χ1v) is 12.1. The molecule has 0 spiro atoms. The number of rotatable bonds is 5. The molecule has 2 fully saturated rings. The zero-order chi connectivity index (χ0) is 23.7. The van der Waals surface area contributed by atoms with E-state index in [1.54, 1.807) is 6.07 Å². The van der Waals surface area contributed by atoms with E-state index in [1.165, 1.54) is 7.11 Å². The van der Waals surface area contributed by atoms with E-state index in [1.807, 2.05) is 54.6 Å². The predicted octanol–water partition coefficient (Wildman–Crippen LogP) is 4.86. The Morgan fingerprint density at radius 3 is 2.79 bits per heavy atom. The zero-order valence-corrected chi connectivity index (χ0v) is 19.5. The van der Waals surface area contributed by atoms with Crippen molar-refractivity contribution in [2.45, 2.75) is 43.7 Å². The van der Waals surface area contributed by atoms with Crippen LogP contribution in [0.4, 0.5) is 5.69 Å². The minimum absolute atomic E-state index is 0.0228. The van der Waals surface area contributed by atoms with Gasteiger partial charge in [0.25, 0.3) is 0 Å². The number of phenols is 1. The van der Waals surface area contributed by atoms with E-state index < -0.39 is 5.60 Å². The van der Waals surface area contributed by atoms with Gasteiger partial charge in [-0.05, 0) is 48.4 Å². The normalized spacial score (nSPS) is 25.0. The third kappa shape index (κ3) is 4.24. The molecule has 0 aromatic heterocycles. The highest BCUT2D eigenvalue weighted by atomic mass is 16.5. The van der Waals surface area contributed by atoms with Gasteiger partial charge >= 0.3 is 0 Å². The van der Waals surface area contributed by atoms with Gasteiger partial charge in [-0.15, -0.1) is 0 Å². The summed E-state index contributed by atoms with van der Waals surface area (Å²) in [6, 6.07) is 19.2. The lowest BCUT2D eigenvalue weighted by atomic mass is 9.66. The monoisotopic (exact) mass is 460 g/mol. The molecule has 1 aliphatic carbocycles. The van der Waals surface area contributed by atoms with Gasteiger partial charge in [0, 0.05) is 29.6 Å². The summed E-state index contributed by atoms with van der Waals surface area (Å²) in [7, 11) is 1.53. The number of aliphatic hydroxyl groups is 1. The van der Waals surface area contributed by atoms with Crippen LogP contribution in [-0.4, -0.2) is 46.8 Å². The maximum Gasteiger partial charge on any atom is 0.238 e. The average Bonchev–Trinajstić information content (AvgIpc) is 2.85. The summed E-state index contributed by atoms with van der Waals surface area (Å²) < 4.78 is 5.36. The summed E-state index contributed by atoms with van der Waals surface area (Å²) in [5.74, 6) is 0.437. The molecule has 3 N–H and O–H groups in total. The number of likely N-dealkylation sites (tertiary alicyclic amines) is 1. The number of methoxy groups -OCH3 is 1. The SMILES string of the molecule is COc1cc([C@@H]2[C@@H]3CCCC[C@@]3(O)CCN2CC(=O)Nc2cccc3ccccc23)ccc1O. The van der Waals surface area contributed by atoms with Gasteiger partial charge in [0.05, 0.1) is 19.3 Å². The van der Waals surface area contributed by atoms with Crippen LogP contribution in [0, 0.1) is 5.92 Å². The molecule has 34 heavy (non-hydrogen) atoms. The minimum Gasteiger partial charge on any atom is -0.504 e. The van der Waals surface area contributed by atoms with Gasteiger partial charge in [0.1, 0.15) is 0 Å². The van der Waals surface area contributed by atoms with Crippen LogP contribution < -0.4 is 10.1 Å². The lowest BCUT2D eigenvalue weighted by Gasteiger charge is -2.52. The van der Waals surface area contributed by atoms with Crippen molar-refractivity contribution in [1.29, 1.82) is 0 Å². The van der Waals surface area contributed by atoms with E-state index in [0.717, 1.165) is 47.7 Å².